The fourth-order valence-corrected chi connectivity index (χ4v) is 1.17. The van der Waals surface area contributed by atoms with Crippen LogP contribution in [0.4, 0.5) is 0 Å². The van der Waals surface area contributed by atoms with Gasteiger partial charge in [0.2, 0.25) is 5.78 Å². The first-order valence-electron chi connectivity index (χ1n) is 5.19. The highest BCUT2D eigenvalue weighted by atomic mass is 16.5. The molecule has 0 saturated heterocycles. The molecule has 0 saturated carbocycles. The largest absolute Gasteiger partial charge is 0.541 e. The molecule has 0 amide bonds. The Bertz CT molecular complexity index is 429. The number of hydrogen-bond acceptors (Lipinski definition) is 4. The first kappa shape index (κ1) is 13.0. The van der Waals surface area contributed by atoms with Crippen LogP contribution < -0.4 is 9.84 Å². The molecule has 0 aliphatic rings. The van der Waals surface area contributed by atoms with Crippen molar-refractivity contribution in [3.8, 4) is 5.75 Å². The fourth-order valence-electron chi connectivity index (χ4n) is 1.17. The zero-order valence-corrected chi connectivity index (χ0v) is 9.67. The summed E-state index contributed by atoms with van der Waals surface area (Å²) in [5.41, 5.74) is 0.718. The lowest BCUT2D eigenvalue weighted by molar-refractivity contribution is -0.299. The summed E-state index contributed by atoms with van der Waals surface area (Å²) in [5.74, 6) is -2.03. The molecule has 0 spiro atoms. The van der Waals surface area contributed by atoms with Crippen LogP contribution in [0.25, 0.3) is 6.08 Å². The van der Waals surface area contributed by atoms with Crippen LogP contribution in [0.1, 0.15) is 19.4 Å². The highest BCUT2D eigenvalue weighted by Gasteiger charge is 1.98. The molecule has 17 heavy (non-hydrogen) atoms. The monoisotopic (exact) mass is 233 g/mol. The number of carboxylic acids is 1. The van der Waals surface area contributed by atoms with Gasteiger partial charge in [-0.2, -0.15) is 0 Å². The van der Waals surface area contributed by atoms with Crippen LogP contribution in [0.3, 0.4) is 0 Å². The second-order valence-corrected chi connectivity index (χ2v) is 3.72. The topological polar surface area (TPSA) is 66.4 Å². The molecule has 90 valence electrons. The summed E-state index contributed by atoms with van der Waals surface area (Å²) in [4.78, 5) is 20.9. The molecule has 0 aliphatic heterocycles. The van der Waals surface area contributed by atoms with Crippen molar-refractivity contribution >= 4 is 17.8 Å². The van der Waals surface area contributed by atoms with Crippen molar-refractivity contribution in [3.63, 3.8) is 0 Å². The van der Waals surface area contributed by atoms with Crippen LogP contribution in [0.2, 0.25) is 0 Å². The molecule has 0 unspecified atom stereocenters. The minimum atomic E-state index is -1.71. The number of carbonyl (C=O) groups is 2. The van der Waals surface area contributed by atoms with E-state index in [0.717, 1.165) is 17.4 Å². The second-order valence-electron chi connectivity index (χ2n) is 3.72. The Hall–Kier alpha value is -2.10. The van der Waals surface area contributed by atoms with Gasteiger partial charge in [-0.3, -0.25) is 4.79 Å². The van der Waals surface area contributed by atoms with Crippen LogP contribution in [0.5, 0.6) is 5.75 Å². The van der Waals surface area contributed by atoms with Crippen LogP contribution in [-0.4, -0.2) is 17.9 Å². The standard InChI is InChI=1S/C13H14O4/c1-9(2)17-11-6-3-10(4-7-11)5-8-12(14)13(15)16/h3-9H,1-2H3,(H,15,16)/p-1/b8-5+. The molecule has 0 fully saturated rings. The van der Waals surface area contributed by atoms with E-state index in [2.05, 4.69) is 0 Å². The van der Waals surface area contributed by atoms with E-state index in [1.165, 1.54) is 6.08 Å². The van der Waals surface area contributed by atoms with E-state index in [-0.39, 0.29) is 6.10 Å². The van der Waals surface area contributed by atoms with Gasteiger partial charge in [0.05, 0.1) is 6.10 Å². The molecular formula is C13H13O4-. The summed E-state index contributed by atoms with van der Waals surface area (Å²) in [6, 6.07) is 6.97. The summed E-state index contributed by atoms with van der Waals surface area (Å²) < 4.78 is 5.44. The van der Waals surface area contributed by atoms with Gasteiger partial charge in [-0.05, 0) is 37.6 Å². The van der Waals surface area contributed by atoms with Gasteiger partial charge in [0.1, 0.15) is 11.7 Å². The highest BCUT2D eigenvalue weighted by Crippen LogP contribution is 2.14. The van der Waals surface area contributed by atoms with E-state index in [9.17, 15) is 14.7 Å². The van der Waals surface area contributed by atoms with Gasteiger partial charge in [-0.15, -0.1) is 0 Å². The summed E-state index contributed by atoms with van der Waals surface area (Å²) in [6.45, 7) is 3.85. The van der Waals surface area contributed by atoms with Gasteiger partial charge < -0.3 is 14.6 Å². The summed E-state index contributed by atoms with van der Waals surface area (Å²) in [7, 11) is 0. The smallest absolute Gasteiger partial charge is 0.201 e. The second kappa shape index (κ2) is 5.84. The Balaban J connectivity index is 2.68. The first-order chi connectivity index (χ1) is 7.99. The summed E-state index contributed by atoms with van der Waals surface area (Å²) in [6.07, 6.45) is 2.47. The number of hydrogen-bond donors (Lipinski definition) is 0. The van der Waals surface area contributed by atoms with E-state index in [4.69, 9.17) is 4.74 Å². The number of carbonyl (C=O) groups excluding carboxylic acids is 2. The molecule has 4 heteroatoms. The number of ketones is 1. The van der Waals surface area contributed by atoms with Gasteiger partial charge in [0.25, 0.3) is 0 Å². The molecule has 0 atom stereocenters. The third-order valence-electron chi connectivity index (χ3n) is 1.88. The third kappa shape index (κ3) is 4.51. The zero-order valence-electron chi connectivity index (χ0n) is 9.67. The van der Waals surface area contributed by atoms with Crippen LogP contribution >= 0.6 is 0 Å². The first-order valence-corrected chi connectivity index (χ1v) is 5.19. The normalized spacial score (nSPS) is 10.8. The third-order valence-corrected chi connectivity index (χ3v) is 1.88. The molecule has 0 aliphatic carbocycles. The average molecular weight is 233 g/mol. The minimum absolute atomic E-state index is 0.0936. The molecule has 0 N–H and O–H groups in total. The Morgan fingerprint density at radius 1 is 1.24 bits per heavy atom. The predicted molar refractivity (Wildman–Crippen MR) is 61.3 cm³/mol. The maximum Gasteiger partial charge on any atom is 0.201 e. The Labute approximate surface area is 99.5 Å². The maximum atomic E-state index is 10.8. The SMILES string of the molecule is CC(C)Oc1ccc(/C=C/C(=O)C(=O)[O-])cc1. The minimum Gasteiger partial charge on any atom is -0.541 e. The Morgan fingerprint density at radius 2 is 1.82 bits per heavy atom. The number of ether oxygens (including phenoxy) is 1. The van der Waals surface area contributed by atoms with Crippen LogP contribution in [-0.2, 0) is 9.59 Å². The van der Waals surface area contributed by atoms with E-state index < -0.39 is 11.8 Å². The van der Waals surface area contributed by atoms with Crippen molar-refractivity contribution in [2.24, 2.45) is 0 Å². The van der Waals surface area contributed by atoms with E-state index >= 15 is 0 Å². The van der Waals surface area contributed by atoms with Crippen LogP contribution in [0, 0.1) is 0 Å². The maximum absolute atomic E-state index is 10.8. The molecule has 1 aromatic rings. The van der Waals surface area contributed by atoms with Crippen molar-refractivity contribution in [1.82, 2.24) is 0 Å². The molecule has 4 nitrogen and oxygen atoms in total. The number of carboxylic acid groups (broad SMARTS) is 1. The fraction of sp³-hybridized carbons (Fsp3) is 0.231. The van der Waals surface area contributed by atoms with Crippen molar-refractivity contribution in [3.05, 3.63) is 35.9 Å². The molecule has 1 aromatic carbocycles. The quantitative estimate of drug-likeness (QED) is 0.557. The summed E-state index contributed by atoms with van der Waals surface area (Å²) >= 11 is 0. The van der Waals surface area contributed by atoms with E-state index in [0.29, 0.717) is 0 Å². The molecule has 0 radical (unpaired) electrons. The predicted octanol–water partition coefficient (Wildman–Crippen LogP) is 0.806. The van der Waals surface area contributed by atoms with E-state index in [1.807, 2.05) is 13.8 Å². The number of aliphatic carboxylic acids is 1. The Morgan fingerprint density at radius 3 is 2.29 bits per heavy atom. The average Bonchev–Trinajstić information content (AvgIpc) is 2.26. The molecule has 0 aromatic heterocycles. The van der Waals surface area contributed by atoms with Crippen molar-refractivity contribution in [1.29, 1.82) is 0 Å². The van der Waals surface area contributed by atoms with Crippen molar-refractivity contribution in [2.75, 3.05) is 0 Å². The lowest BCUT2D eigenvalue weighted by Crippen LogP contribution is -2.29. The Kier molecular flexibility index (Phi) is 4.46. The van der Waals surface area contributed by atoms with Gasteiger partial charge >= 0.3 is 0 Å². The molecule has 1 rings (SSSR count). The van der Waals surface area contributed by atoms with Gasteiger partial charge in [0, 0.05) is 0 Å². The molecule has 0 heterocycles. The lowest BCUT2D eigenvalue weighted by atomic mass is 10.2. The molecule has 0 bridgehead atoms. The van der Waals surface area contributed by atoms with Crippen molar-refractivity contribution < 1.29 is 19.4 Å². The molecular weight excluding hydrogens is 220 g/mol. The van der Waals surface area contributed by atoms with Gasteiger partial charge in [-0.1, -0.05) is 18.2 Å². The number of rotatable bonds is 5. The number of benzene rings is 1. The van der Waals surface area contributed by atoms with Crippen LogP contribution in [0.15, 0.2) is 30.3 Å². The van der Waals surface area contributed by atoms with E-state index in [1.54, 1.807) is 24.3 Å². The summed E-state index contributed by atoms with van der Waals surface area (Å²) in [5, 5.41) is 10.2. The van der Waals surface area contributed by atoms with Gasteiger partial charge in [-0.25, -0.2) is 0 Å². The highest BCUT2D eigenvalue weighted by molar-refractivity contribution is 6.37. The van der Waals surface area contributed by atoms with Crippen molar-refractivity contribution in [2.45, 2.75) is 20.0 Å². The zero-order chi connectivity index (χ0) is 12.8. The van der Waals surface area contributed by atoms with Gasteiger partial charge in [0.15, 0.2) is 0 Å². The lowest BCUT2D eigenvalue weighted by Gasteiger charge is -2.09.